The van der Waals surface area contributed by atoms with Crippen molar-refractivity contribution in [2.75, 3.05) is 0 Å². The lowest BCUT2D eigenvalue weighted by molar-refractivity contribution is 0.802. The summed E-state index contributed by atoms with van der Waals surface area (Å²) < 4.78 is 1.84. The first-order valence-electron chi connectivity index (χ1n) is 6.28. The standard InChI is InChI=1S/C14H18N4S/c1-5-11-9(3)17-18(10(11)4)14-12(13(15)19)8(2)6-7-16-14/h6-7H,5H2,1-4H3,(H2,15,19). The Bertz CT molecular complexity index is 643. The van der Waals surface area contributed by atoms with Crippen LogP contribution in [0.2, 0.25) is 0 Å². The molecule has 4 nitrogen and oxygen atoms in total. The van der Waals surface area contributed by atoms with Gasteiger partial charge in [-0.15, -0.1) is 0 Å². The van der Waals surface area contributed by atoms with E-state index >= 15 is 0 Å². The smallest absolute Gasteiger partial charge is 0.164 e. The number of aromatic nitrogens is 3. The Labute approximate surface area is 118 Å². The van der Waals surface area contributed by atoms with Crippen LogP contribution in [-0.2, 0) is 6.42 Å². The summed E-state index contributed by atoms with van der Waals surface area (Å²) in [5, 5.41) is 4.57. The summed E-state index contributed by atoms with van der Waals surface area (Å²) in [6.45, 7) is 8.16. The van der Waals surface area contributed by atoms with Crippen molar-refractivity contribution in [3.05, 3.63) is 40.3 Å². The third kappa shape index (κ3) is 2.26. The molecular formula is C14H18N4S. The normalized spacial score (nSPS) is 10.7. The Balaban J connectivity index is 2.73. The molecule has 0 aliphatic heterocycles. The highest BCUT2D eigenvalue weighted by Crippen LogP contribution is 2.21. The van der Waals surface area contributed by atoms with Gasteiger partial charge in [0.2, 0.25) is 0 Å². The van der Waals surface area contributed by atoms with Crippen LogP contribution in [0.3, 0.4) is 0 Å². The molecule has 19 heavy (non-hydrogen) atoms. The first-order chi connectivity index (χ1) is 8.97. The van der Waals surface area contributed by atoms with Gasteiger partial charge in [0.25, 0.3) is 0 Å². The third-order valence-corrected chi connectivity index (χ3v) is 3.59. The molecule has 0 unspecified atom stereocenters. The molecule has 0 fully saturated rings. The van der Waals surface area contributed by atoms with E-state index in [4.69, 9.17) is 18.0 Å². The van der Waals surface area contributed by atoms with Crippen LogP contribution in [0.25, 0.3) is 5.82 Å². The molecule has 100 valence electrons. The van der Waals surface area contributed by atoms with Gasteiger partial charge in [-0.1, -0.05) is 19.1 Å². The van der Waals surface area contributed by atoms with E-state index in [2.05, 4.69) is 17.0 Å². The Morgan fingerprint density at radius 3 is 2.58 bits per heavy atom. The summed E-state index contributed by atoms with van der Waals surface area (Å²) in [6, 6.07) is 1.91. The number of hydrogen-bond donors (Lipinski definition) is 1. The van der Waals surface area contributed by atoms with Crippen molar-refractivity contribution in [2.24, 2.45) is 5.73 Å². The molecule has 0 saturated carbocycles. The highest BCUT2D eigenvalue weighted by atomic mass is 32.1. The quantitative estimate of drug-likeness (QED) is 0.873. The van der Waals surface area contributed by atoms with Crippen LogP contribution in [0.4, 0.5) is 0 Å². The minimum atomic E-state index is 0.353. The number of aryl methyl sites for hydroxylation is 2. The van der Waals surface area contributed by atoms with Gasteiger partial charge in [0.05, 0.1) is 11.3 Å². The molecule has 0 saturated heterocycles. The second-order valence-electron chi connectivity index (χ2n) is 4.61. The minimum absolute atomic E-state index is 0.353. The number of rotatable bonds is 3. The topological polar surface area (TPSA) is 56.7 Å². The van der Waals surface area contributed by atoms with E-state index in [0.29, 0.717) is 10.8 Å². The molecule has 0 spiro atoms. The van der Waals surface area contributed by atoms with E-state index in [0.717, 1.165) is 28.9 Å². The summed E-state index contributed by atoms with van der Waals surface area (Å²) in [5.41, 5.74) is 11.0. The Hall–Kier alpha value is -1.75. The molecule has 2 rings (SSSR count). The number of nitrogens with zero attached hydrogens (tertiary/aromatic N) is 3. The maximum absolute atomic E-state index is 5.83. The van der Waals surface area contributed by atoms with E-state index in [1.807, 2.05) is 31.5 Å². The van der Waals surface area contributed by atoms with Gasteiger partial charge in [0, 0.05) is 11.9 Å². The van der Waals surface area contributed by atoms with Crippen molar-refractivity contribution in [3.8, 4) is 5.82 Å². The molecule has 0 bridgehead atoms. The van der Waals surface area contributed by atoms with Gasteiger partial charge in [0.15, 0.2) is 5.82 Å². The lowest BCUT2D eigenvalue weighted by atomic mass is 10.1. The summed E-state index contributed by atoms with van der Waals surface area (Å²) >= 11 is 5.15. The van der Waals surface area contributed by atoms with Gasteiger partial charge in [-0.05, 0) is 44.4 Å². The van der Waals surface area contributed by atoms with Gasteiger partial charge < -0.3 is 5.73 Å². The van der Waals surface area contributed by atoms with Gasteiger partial charge in [0.1, 0.15) is 4.99 Å². The van der Waals surface area contributed by atoms with Gasteiger partial charge in [-0.3, -0.25) is 0 Å². The molecule has 0 aliphatic rings. The summed E-state index contributed by atoms with van der Waals surface area (Å²) in [6.07, 6.45) is 2.71. The molecule has 2 heterocycles. The fraction of sp³-hybridized carbons (Fsp3) is 0.357. The average molecular weight is 274 g/mol. The maximum atomic E-state index is 5.83. The van der Waals surface area contributed by atoms with E-state index in [1.54, 1.807) is 6.20 Å². The average Bonchev–Trinajstić information content (AvgIpc) is 2.63. The van der Waals surface area contributed by atoms with Gasteiger partial charge in [-0.2, -0.15) is 5.10 Å². The number of hydrogen-bond acceptors (Lipinski definition) is 3. The summed E-state index contributed by atoms with van der Waals surface area (Å²) in [5.74, 6) is 0.716. The first-order valence-corrected chi connectivity index (χ1v) is 6.69. The van der Waals surface area contributed by atoms with Crippen molar-refractivity contribution in [2.45, 2.75) is 34.1 Å². The molecule has 0 aromatic carbocycles. The molecule has 5 heteroatoms. The van der Waals surface area contributed by atoms with E-state index in [-0.39, 0.29) is 0 Å². The predicted octanol–water partition coefficient (Wildman–Crippen LogP) is 2.39. The minimum Gasteiger partial charge on any atom is -0.389 e. The highest BCUT2D eigenvalue weighted by Gasteiger charge is 2.17. The molecule has 0 radical (unpaired) electrons. The lowest BCUT2D eigenvalue weighted by Crippen LogP contribution is -2.17. The molecule has 2 aromatic rings. The van der Waals surface area contributed by atoms with Gasteiger partial charge in [-0.25, -0.2) is 9.67 Å². The van der Waals surface area contributed by atoms with Crippen LogP contribution in [-0.4, -0.2) is 19.8 Å². The Kier molecular flexibility index (Phi) is 3.66. The zero-order valence-corrected chi connectivity index (χ0v) is 12.5. The van der Waals surface area contributed by atoms with Crippen LogP contribution in [0.5, 0.6) is 0 Å². The summed E-state index contributed by atoms with van der Waals surface area (Å²) in [4.78, 5) is 4.77. The summed E-state index contributed by atoms with van der Waals surface area (Å²) in [7, 11) is 0. The molecule has 0 amide bonds. The Morgan fingerprint density at radius 2 is 2.05 bits per heavy atom. The zero-order valence-electron chi connectivity index (χ0n) is 11.7. The molecule has 0 atom stereocenters. The van der Waals surface area contributed by atoms with Crippen LogP contribution in [0, 0.1) is 20.8 Å². The van der Waals surface area contributed by atoms with E-state index < -0.39 is 0 Å². The fourth-order valence-corrected chi connectivity index (χ4v) is 2.65. The first kappa shape index (κ1) is 13.7. The van der Waals surface area contributed by atoms with Crippen LogP contribution in [0.1, 0.15) is 35.0 Å². The van der Waals surface area contributed by atoms with Crippen LogP contribution < -0.4 is 5.73 Å². The molecular weight excluding hydrogens is 256 g/mol. The Morgan fingerprint density at radius 1 is 1.37 bits per heavy atom. The second-order valence-corrected chi connectivity index (χ2v) is 5.05. The van der Waals surface area contributed by atoms with E-state index in [9.17, 15) is 0 Å². The SMILES string of the molecule is CCc1c(C)nn(-c2nccc(C)c2C(N)=S)c1C. The fourth-order valence-electron chi connectivity index (χ4n) is 2.40. The van der Waals surface area contributed by atoms with Crippen molar-refractivity contribution in [3.63, 3.8) is 0 Å². The van der Waals surface area contributed by atoms with Crippen molar-refractivity contribution < 1.29 is 0 Å². The van der Waals surface area contributed by atoms with Crippen molar-refractivity contribution >= 4 is 17.2 Å². The number of nitrogens with two attached hydrogens (primary N) is 1. The molecule has 2 N–H and O–H groups in total. The van der Waals surface area contributed by atoms with Crippen molar-refractivity contribution in [1.29, 1.82) is 0 Å². The zero-order chi connectivity index (χ0) is 14.2. The predicted molar refractivity (Wildman–Crippen MR) is 80.8 cm³/mol. The van der Waals surface area contributed by atoms with Crippen molar-refractivity contribution in [1.82, 2.24) is 14.8 Å². The lowest BCUT2D eigenvalue weighted by Gasteiger charge is -2.11. The molecule has 0 aliphatic carbocycles. The monoisotopic (exact) mass is 274 g/mol. The van der Waals surface area contributed by atoms with Crippen LogP contribution >= 0.6 is 12.2 Å². The highest BCUT2D eigenvalue weighted by molar-refractivity contribution is 7.80. The largest absolute Gasteiger partial charge is 0.389 e. The number of thiocarbonyl (C=S) groups is 1. The molecule has 2 aromatic heterocycles. The number of pyridine rings is 1. The van der Waals surface area contributed by atoms with Crippen LogP contribution in [0.15, 0.2) is 12.3 Å². The van der Waals surface area contributed by atoms with E-state index in [1.165, 1.54) is 5.56 Å². The van der Waals surface area contributed by atoms with Gasteiger partial charge >= 0.3 is 0 Å². The maximum Gasteiger partial charge on any atom is 0.164 e. The third-order valence-electron chi connectivity index (χ3n) is 3.38. The second kappa shape index (κ2) is 5.09.